The molecule has 2 unspecified atom stereocenters. The second kappa shape index (κ2) is 8.43. The van der Waals surface area contributed by atoms with E-state index in [1.54, 1.807) is 11.8 Å². The Morgan fingerprint density at radius 2 is 2.04 bits per heavy atom. The first kappa shape index (κ1) is 20.5. The molecule has 2 heterocycles. The summed E-state index contributed by atoms with van der Waals surface area (Å²) in [5, 5.41) is 0. The van der Waals surface area contributed by atoms with Crippen LogP contribution in [0.3, 0.4) is 0 Å². The Hall–Kier alpha value is -2.21. The van der Waals surface area contributed by atoms with Crippen molar-refractivity contribution in [1.29, 1.82) is 0 Å². The molecule has 0 aromatic heterocycles. The van der Waals surface area contributed by atoms with Crippen molar-refractivity contribution in [2.24, 2.45) is 0 Å². The number of likely N-dealkylation sites (tertiary alicyclic amines) is 1. The van der Waals surface area contributed by atoms with Gasteiger partial charge in [-0.15, -0.1) is 0 Å². The molecule has 6 nitrogen and oxygen atoms in total. The van der Waals surface area contributed by atoms with Crippen LogP contribution < -0.4 is 0 Å². The highest BCUT2D eigenvalue weighted by molar-refractivity contribution is 6.10. The zero-order valence-electron chi connectivity index (χ0n) is 17.1. The summed E-state index contributed by atoms with van der Waals surface area (Å²) in [7, 11) is 0. The predicted molar refractivity (Wildman–Crippen MR) is 106 cm³/mol. The van der Waals surface area contributed by atoms with E-state index in [1.165, 1.54) is 4.90 Å². The van der Waals surface area contributed by atoms with Gasteiger partial charge in [-0.25, -0.2) is 0 Å². The number of aryl methyl sites for hydroxylation is 1. The molecule has 2 aliphatic heterocycles. The molecule has 3 rings (SSSR count). The summed E-state index contributed by atoms with van der Waals surface area (Å²) >= 11 is 0. The van der Waals surface area contributed by atoms with Gasteiger partial charge >= 0.3 is 0 Å². The van der Waals surface area contributed by atoms with Gasteiger partial charge in [0.15, 0.2) is 0 Å². The molecule has 0 aliphatic carbocycles. The van der Waals surface area contributed by atoms with Crippen LogP contribution in [-0.4, -0.2) is 59.9 Å². The first-order chi connectivity index (χ1) is 13.4. The van der Waals surface area contributed by atoms with Gasteiger partial charge in [0.05, 0.1) is 11.5 Å². The Labute approximate surface area is 166 Å². The van der Waals surface area contributed by atoms with E-state index in [1.807, 2.05) is 38.1 Å². The number of carbonyl (C=O) groups is 3. The second-order valence-corrected chi connectivity index (χ2v) is 7.76. The maximum absolute atomic E-state index is 13.3. The highest BCUT2D eigenvalue weighted by Crippen LogP contribution is 2.41. The fourth-order valence-electron chi connectivity index (χ4n) is 4.49. The summed E-state index contributed by atoms with van der Waals surface area (Å²) in [6.07, 6.45) is 2.09. The third-order valence-electron chi connectivity index (χ3n) is 6.02. The molecule has 2 fully saturated rings. The lowest BCUT2D eigenvalue weighted by Gasteiger charge is -2.32. The smallest absolute Gasteiger partial charge is 0.240 e. The Morgan fingerprint density at radius 3 is 2.61 bits per heavy atom. The third kappa shape index (κ3) is 3.70. The number of benzene rings is 1. The average molecular weight is 386 g/mol. The summed E-state index contributed by atoms with van der Waals surface area (Å²) in [6.45, 7) is 7.82. The van der Waals surface area contributed by atoms with E-state index in [9.17, 15) is 14.4 Å². The lowest BCUT2D eigenvalue weighted by molar-refractivity contribution is -0.142. The minimum absolute atomic E-state index is 0.0134. The van der Waals surface area contributed by atoms with Crippen molar-refractivity contribution in [3.05, 3.63) is 35.4 Å². The van der Waals surface area contributed by atoms with Gasteiger partial charge in [0.25, 0.3) is 0 Å². The van der Waals surface area contributed by atoms with E-state index < -0.39 is 5.41 Å². The Balaban J connectivity index is 1.92. The molecule has 1 aromatic rings. The van der Waals surface area contributed by atoms with Crippen molar-refractivity contribution >= 4 is 17.7 Å². The Bertz CT molecular complexity index is 757. The molecule has 152 valence electrons. The molecule has 2 aliphatic rings. The van der Waals surface area contributed by atoms with Crippen LogP contribution in [0.5, 0.6) is 0 Å². The largest absolute Gasteiger partial charge is 0.376 e. The SMILES string of the molecule is CCN(CC1CCCO1)C(=O)CC1(c2ccccc2C)CC(=O)N(CC)C1=O. The van der Waals surface area contributed by atoms with E-state index in [4.69, 9.17) is 4.74 Å². The number of rotatable bonds is 7. The molecular formula is C22H30N2O4. The van der Waals surface area contributed by atoms with E-state index in [2.05, 4.69) is 0 Å². The number of likely N-dealkylation sites (N-methyl/N-ethyl adjacent to an activating group) is 2. The van der Waals surface area contributed by atoms with Crippen LogP contribution in [0.1, 0.15) is 50.7 Å². The molecule has 2 atom stereocenters. The number of nitrogens with zero attached hydrogens (tertiary/aromatic N) is 2. The van der Waals surface area contributed by atoms with Gasteiger partial charge < -0.3 is 9.64 Å². The zero-order valence-corrected chi connectivity index (χ0v) is 17.1. The van der Waals surface area contributed by atoms with Crippen molar-refractivity contribution < 1.29 is 19.1 Å². The third-order valence-corrected chi connectivity index (χ3v) is 6.02. The molecule has 3 amide bonds. The van der Waals surface area contributed by atoms with Crippen LogP contribution in [0.15, 0.2) is 24.3 Å². The minimum Gasteiger partial charge on any atom is -0.376 e. The van der Waals surface area contributed by atoms with Gasteiger partial charge in [-0.1, -0.05) is 24.3 Å². The number of carbonyl (C=O) groups excluding carboxylic acids is 3. The maximum Gasteiger partial charge on any atom is 0.240 e. The van der Waals surface area contributed by atoms with Crippen molar-refractivity contribution in [2.45, 2.75) is 58.0 Å². The fraction of sp³-hybridized carbons (Fsp3) is 0.591. The maximum atomic E-state index is 13.3. The number of ether oxygens (including phenoxy) is 1. The first-order valence-electron chi connectivity index (χ1n) is 10.2. The number of imide groups is 1. The Kier molecular flexibility index (Phi) is 6.18. The number of hydrogen-bond donors (Lipinski definition) is 0. The van der Waals surface area contributed by atoms with Gasteiger partial charge in [0.2, 0.25) is 17.7 Å². The highest BCUT2D eigenvalue weighted by Gasteiger charge is 2.54. The van der Waals surface area contributed by atoms with Crippen LogP contribution in [-0.2, 0) is 24.5 Å². The van der Waals surface area contributed by atoms with Crippen LogP contribution in [0.25, 0.3) is 0 Å². The van der Waals surface area contributed by atoms with Crippen molar-refractivity contribution in [3.8, 4) is 0 Å². The fourth-order valence-corrected chi connectivity index (χ4v) is 4.49. The van der Waals surface area contributed by atoms with E-state index in [0.717, 1.165) is 30.6 Å². The van der Waals surface area contributed by atoms with E-state index >= 15 is 0 Å². The molecule has 6 heteroatoms. The topological polar surface area (TPSA) is 66.9 Å². The van der Waals surface area contributed by atoms with Gasteiger partial charge in [0, 0.05) is 39.1 Å². The molecule has 1 aromatic carbocycles. The molecule has 28 heavy (non-hydrogen) atoms. The summed E-state index contributed by atoms with van der Waals surface area (Å²) in [6, 6.07) is 7.58. The first-order valence-corrected chi connectivity index (χ1v) is 10.2. The van der Waals surface area contributed by atoms with Gasteiger partial charge in [-0.05, 0) is 44.7 Å². The summed E-state index contributed by atoms with van der Waals surface area (Å²) in [4.78, 5) is 42.2. The van der Waals surface area contributed by atoms with Gasteiger partial charge in [-0.3, -0.25) is 19.3 Å². The lowest BCUT2D eigenvalue weighted by atomic mass is 9.74. The molecule has 0 bridgehead atoms. The molecule has 0 saturated carbocycles. The highest BCUT2D eigenvalue weighted by atomic mass is 16.5. The monoisotopic (exact) mass is 386 g/mol. The number of hydrogen-bond acceptors (Lipinski definition) is 4. The van der Waals surface area contributed by atoms with Crippen LogP contribution in [0.4, 0.5) is 0 Å². The van der Waals surface area contributed by atoms with Crippen molar-refractivity contribution in [1.82, 2.24) is 9.80 Å². The van der Waals surface area contributed by atoms with E-state index in [-0.39, 0.29) is 36.7 Å². The van der Waals surface area contributed by atoms with Crippen LogP contribution in [0, 0.1) is 6.92 Å². The molecule has 0 radical (unpaired) electrons. The number of amides is 3. The Morgan fingerprint density at radius 1 is 1.29 bits per heavy atom. The minimum atomic E-state index is -1.11. The predicted octanol–water partition coefficient (Wildman–Crippen LogP) is 2.43. The molecule has 2 saturated heterocycles. The average Bonchev–Trinajstić information content (AvgIpc) is 3.26. The zero-order chi connectivity index (χ0) is 20.3. The summed E-state index contributed by atoms with van der Waals surface area (Å²) in [5.74, 6) is -0.554. The normalized spacial score (nSPS) is 24.8. The molecule has 0 spiro atoms. The molecule has 0 N–H and O–H groups in total. The van der Waals surface area contributed by atoms with Crippen molar-refractivity contribution in [3.63, 3.8) is 0 Å². The van der Waals surface area contributed by atoms with Crippen LogP contribution >= 0.6 is 0 Å². The van der Waals surface area contributed by atoms with Gasteiger partial charge in [0.1, 0.15) is 0 Å². The summed E-state index contributed by atoms with van der Waals surface area (Å²) < 4.78 is 5.68. The van der Waals surface area contributed by atoms with Gasteiger partial charge in [-0.2, -0.15) is 0 Å². The van der Waals surface area contributed by atoms with Crippen molar-refractivity contribution in [2.75, 3.05) is 26.2 Å². The lowest BCUT2D eigenvalue weighted by Crippen LogP contribution is -2.45. The van der Waals surface area contributed by atoms with E-state index in [0.29, 0.717) is 19.6 Å². The molecular weight excluding hydrogens is 356 g/mol. The second-order valence-electron chi connectivity index (χ2n) is 7.76. The quantitative estimate of drug-likeness (QED) is 0.675. The standard InChI is InChI=1S/C22H30N2O4/c1-4-23(15-17-10-8-12-28-17)19(25)13-22(18-11-7-6-9-16(18)3)14-20(26)24(5-2)21(22)27/h6-7,9,11,17H,4-5,8,10,12-15H2,1-3H3. The van der Waals surface area contributed by atoms with Crippen LogP contribution in [0.2, 0.25) is 0 Å². The summed E-state index contributed by atoms with van der Waals surface area (Å²) in [5.41, 5.74) is 0.599.